The molecule has 0 aliphatic heterocycles. The molecule has 134 valence electrons. The Morgan fingerprint density at radius 3 is 2.48 bits per heavy atom. The zero-order valence-electron chi connectivity index (χ0n) is 15.3. The van der Waals surface area contributed by atoms with Gasteiger partial charge in [-0.15, -0.1) is 0 Å². The maximum absolute atomic E-state index is 11.7. The van der Waals surface area contributed by atoms with Gasteiger partial charge in [0.15, 0.2) is 0 Å². The number of aromatic amines is 1. The molecule has 0 aliphatic rings. The quantitative estimate of drug-likeness (QED) is 0.747. The summed E-state index contributed by atoms with van der Waals surface area (Å²) in [6.07, 6.45) is 0. The van der Waals surface area contributed by atoms with Crippen molar-refractivity contribution in [3.05, 3.63) is 64.2 Å². The van der Waals surface area contributed by atoms with Gasteiger partial charge in [-0.2, -0.15) is 15.6 Å². The van der Waals surface area contributed by atoms with Crippen molar-refractivity contribution >= 4 is 5.91 Å². The minimum Gasteiger partial charge on any atom is -0.354 e. The first kappa shape index (κ1) is 18.0. The van der Waals surface area contributed by atoms with E-state index in [1.165, 1.54) is 0 Å². The van der Waals surface area contributed by atoms with Crippen molar-refractivity contribution in [3.63, 3.8) is 0 Å². The number of nitriles is 2. The van der Waals surface area contributed by atoms with E-state index in [4.69, 9.17) is 5.26 Å². The summed E-state index contributed by atoms with van der Waals surface area (Å²) in [6, 6.07) is 13.3. The Bertz CT molecular complexity index is 1090. The number of amides is 1. The van der Waals surface area contributed by atoms with Gasteiger partial charge in [-0.05, 0) is 37.6 Å². The van der Waals surface area contributed by atoms with Crippen LogP contribution in [0.3, 0.4) is 0 Å². The summed E-state index contributed by atoms with van der Waals surface area (Å²) < 4.78 is 2.02. The number of hydrogen-bond acceptors (Lipinski definition) is 4. The Hall–Kier alpha value is -3.84. The Labute approximate surface area is 156 Å². The molecule has 3 rings (SSSR count). The van der Waals surface area contributed by atoms with Crippen LogP contribution in [-0.2, 0) is 6.54 Å². The molecule has 1 amide bonds. The van der Waals surface area contributed by atoms with Gasteiger partial charge in [-0.25, -0.2) is 0 Å². The summed E-state index contributed by atoms with van der Waals surface area (Å²) in [6.45, 7) is 4.32. The highest BCUT2D eigenvalue weighted by Gasteiger charge is 2.20. The molecule has 27 heavy (non-hydrogen) atoms. The van der Waals surface area contributed by atoms with Crippen LogP contribution in [0.4, 0.5) is 0 Å². The van der Waals surface area contributed by atoms with Gasteiger partial charge in [0.05, 0.1) is 29.4 Å². The number of nitrogens with zero attached hydrogens (tertiary/aromatic N) is 4. The number of H-pyrrole nitrogens is 1. The fourth-order valence-corrected chi connectivity index (χ4v) is 3.18. The molecule has 0 bridgehead atoms. The summed E-state index contributed by atoms with van der Waals surface area (Å²) in [5.41, 5.74) is 5.78. The first-order valence-electron chi connectivity index (χ1n) is 8.36. The molecule has 0 fully saturated rings. The molecule has 7 nitrogen and oxygen atoms in total. The first-order chi connectivity index (χ1) is 13.0. The molecule has 0 unspecified atom stereocenters. The van der Waals surface area contributed by atoms with Gasteiger partial charge in [-0.3, -0.25) is 9.89 Å². The van der Waals surface area contributed by atoms with Crippen LogP contribution in [0.15, 0.2) is 30.3 Å². The van der Waals surface area contributed by atoms with E-state index in [-0.39, 0.29) is 5.91 Å². The molecule has 2 heterocycles. The van der Waals surface area contributed by atoms with Crippen molar-refractivity contribution in [2.24, 2.45) is 0 Å². The number of hydrogen-bond donors (Lipinski definition) is 2. The summed E-state index contributed by atoms with van der Waals surface area (Å²) in [5, 5.41) is 28.1. The maximum Gasteiger partial charge on any atom is 0.271 e. The standard InChI is InChI=1S/C20H18N6O/c1-12-17(10-22)19(15-6-4-14(9-21)5-7-15)13(2)26(12)11-16-8-18(25-24-16)20(27)23-3/h4-8H,11H2,1-3H3,(H,23,27)(H,24,25). The Kier molecular flexibility index (Phi) is 4.78. The zero-order chi connectivity index (χ0) is 19.6. The number of benzene rings is 1. The number of nitrogens with one attached hydrogen (secondary N) is 2. The van der Waals surface area contributed by atoms with Crippen molar-refractivity contribution in [1.82, 2.24) is 20.1 Å². The molecule has 0 aliphatic carbocycles. The number of carbonyl (C=O) groups is 1. The van der Waals surface area contributed by atoms with E-state index < -0.39 is 0 Å². The van der Waals surface area contributed by atoms with Gasteiger partial charge < -0.3 is 9.88 Å². The van der Waals surface area contributed by atoms with Gasteiger partial charge in [0, 0.05) is 24.0 Å². The smallest absolute Gasteiger partial charge is 0.271 e. The molecule has 2 aromatic heterocycles. The third-order valence-electron chi connectivity index (χ3n) is 4.62. The maximum atomic E-state index is 11.7. The Morgan fingerprint density at radius 1 is 1.19 bits per heavy atom. The monoisotopic (exact) mass is 358 g/mol. The molecule has 0 atom stereocenters. The van der Waals surface area contributed by atoms with Gasteiger partial charge >= 0.3 is 0 Å². The minimum atomic E-state index is -0.255. The van der Waals surface area contributed by atoms with E-state index in [0.29, 0.717) is 23.4 Å². The van der Waals surface area contributed by atoms with Crippen molar-refractivity contribution in [2.45, 2.75) is 20.4 Å². The number of aromatic nitrogens is 3. The lowest BCUT2D eigenvalue weighted by atomic mass is 10.0. The SMILES string of the molecule is CNC(=O)c1cc(Cn2c(C)c(C#N)c(-c3ccc(C#N)cc3)c2C)[nH]n1. The largest absolute Gasteiger partial charge is 0.354 e. The second-order valence-electron chi connectivity index (χ2n) is 6.17. The summed E-state index contributed by atoms with van der Waals surface area (Å²) in [4.78, 5) is 11.7. The predicted molar refractivity (Wildman–Crippen MR) is 99.9 cm³/mol. The van der Waals surface area contributed by atoms with Gasteiger partial charge in [0.1, 0.15) is 11.8 Å². The van der Waals surface area contributed by atoms with E-state index in [9.17, 15) is 10.1 Å². The molecule has 0 saturated carbocycles. The molecule has 0 spiro atoms. The minimum absolute atomic E-state index is 0.255. The summed E-state index contributed by atoms with van der Waals surface area (Å²) in [7, 11) is 1.56. The molecule has 0 radical (unpaired) electrons. The van der Waals surface area contributed by atoms with Crippen LogP contribution in [0.2, 0.25) is 0 Å². The van der Waals surface area contributed by atoms with Crippen molar-refractivity contribution in [3.8, 4) is 23.3 Å². The lowest BCUT2D eigenvalue weighted by molar-refractivity contribution is 0.0958. The molecule has 3 aromatic rings. The molecular formula is C20H18N6O. The number of carbonyl (C=O) groups excluding carboxylic acids is 1. The first-order valence-corrected chi connectivity index (χ1v) is 8.36. The normalized spacial score (nSPS) is 10.3. The molecule has 7 heteroatoms. The van der Waals surface area contributed by atoms with Crippen LogP contribution in [-0.4, -0.2) is 27.7 Å². The van der Waals surface area contributed by atoms with Crippen molar-refractivity contribution in [1.29, 1.82) is 10.5 Å². The molecule has 2 N–H and O–H groups in total. The third-order valence-corrected chi connectivity index (χ3v) is 4.62. The Morgan fingerprint density at radius 2 is 1.89 bits per heavy atom. The molecule has 1 aromatic carbocycles. The van der Waals surface area contributed by atoms with Crippen molar-refractivity contribution in [2.75, 3.05) is 7.05 Å². The summed E-state index contributed by atoms with van der Waals surface area (Å²) in [5.74, 6) is -0.255. The molecule has 0 saturated heterocycles. The highest BCUT2D eigenvalue weighted by atomic mass is 16.1. The van der Waals surface area contributed by atoms with Crippen LogP contribution < -0.4 is 5.32 Å². The average molecular weight is 358 g/mol. The lowest BCUT2D eigenvalue weighted by Crippen LogP contribution is -2.18. The van der Waals surface area contributed by atoms with E-state index in [1.807, 2.05) is 30.5 Å². The highest BCUT2D eigenvalue weighted by Crippen LogP contribution is 2.32. The second-order valence-corrected chi connectivity index (χ2v) is 6.17. The summed E-state index contributed by atoms with van der Waals surface area (Å²) >= 11 is 0. The van der Waals surface area contributed by atoms with Crippen LogP contribution in [0, 0.1) is 36.5 Å². The van der Waals surface area contributed by atoms with Crippen LogP contribution >= 0.6 is 0 Å². The van der Waals surface area contributed by atoms with E-state index in [1.54, 1.807) is 25.2 Å². The van der Waals surface area contributed by atoms with E-state index in [0.717, 1.165) is 28.2 Å². The predicted octanol–water partition coefficient (Wildman–Crippen LogP) is 2.65. The molecular weight excluding hydrogens is 340 g/mol. The van der Waals surface area contributed by atoms with E-state index >= 15 is 0 Å². The zero-order valence-corrected chi connectivity index (χ0v) is 15.3. The number of rotatable bonds is 4. The van der Waals surface area contributed by atoms with Crippen LogP contribution in [0.5, 0.6) is 0 Å². The average Bonchev–Trinajstić information content (AvgIpc) is 3.25. The topological polar surface area (TPSA) is 110 Å². The second kappa shape index (κ2) is 7.19. The van der Waals surface area contributed by atoms with E-state index in [2.05, 4.69) is 27.7 Å². The van der Waals surface area contributed by atoms with Crippen LogP contribution in [0.25, 0.3) is 11.1 Å². The van der Waals surface area contributed by atoms with Crippen molar-refractivity contribution < 1.29 is 4.79 Å². The fraction of sp³-hybridized carbons (Fsp3) is 0.200. The van der Waals surface area contributed by atoms with Gasteiger partial charge in [0.25, 0.3) is 5.91 Å². The lowest BCUT2D eigenvalue weighted by Gasteiger charge is -2.08. The van der Waals surface area contributed by atoms with Gasteiger partial charge in [-0.1, -0.05) is 12.1 Å². The third kappa shape index (κ3) is 3.19. The highest BCUT2D eigenvalue weighted by molar-refractivity contribution is 5.92. The van der Waals surface area contributed by atoms with Crippen LogP contribution in [0.1, 0.15) is 38.7 Å². The van der Waals surface area contributed by atoms with Gasteiger partial charge in [0.2, 0.25) is 0 Å². The Balaban J connectivity index is 2.03. The fourth-order valence-electron chi connectivity index (χ4n) is 3.18.